The van der Waals surface area contributed by atoms with Crippen molar-refractivity contribution in [3.63, 3.8) is 0 Å². The summed E-state index contributed by atoms with van der Waals surface area (Å²) in [4.78, 5) is 10.9. The molecule has 79 heavy (non-hydrogen) atoms. The first-order valence-corrected chi connectivity index (χ1v) is 27.2. The Balaban J connectivity index is 1.15. The van der Waals surface area contributed by atoms with Gasteiger partial charge in [0, 0.05) is 50.4 Å². The number of phenolic OH excluding ortho intramolecular Hbond substituents is 1. The molecule has 0 bridgehead atoms. The fourth-order valence-electron chi connectivity index (χ4n) is 11.1. The second kappa shape index (κ2) is 19.3. The van der Waals surface area contributed by atoms with Crippen LogP contribution >= 0.6 is 0 Å². The van der Waals surface area contributed by atoms with Gasteiger partial charge in [0.2, 0.25) is 0 Å². The molecule has 3 heterocycles. The lowest BCUT2D eigenvalue weighted by Gasteiger charge is -2.28. The number of rotatable bonds is 8. The second-order valence-electron chi connectivity index (χ2n) is 23.9. The number of nitrogens with zero attached hydrogens (tertiary/aromatic N) is 4. The highest BCUT2D eigenvalue weighted by Crippen LogP contribution is 2.48. The molecule has 0 unspecified atom stereocenters. The summed E-state index contributed by atoms with van der Waals surface area (Å²) in [5, 5.41) is 25.2. The van der Waals surface area contributed by atoms with Crippen molar-refractivity contribution in [1.29, 1.82) is 5.26 Å². The van der Waals surface area contributed by atoms with Gasteiger partial charge >= 0.3 is 0 Å². The van der Waals surface area contributed by atoms with Crippen LogP contribution in [0, 0.1) is 11.3 Å². The van der Waals surface area contributed by atoms with Gasteiger partial charge in [0.05, 0.1) is 39.6 Å². The molecule has 12 aromatic rings. The average Bonchev–Trinajstić information content (AvgIpc) is 4.11. The summed E-state index contributed by atoms with van der Waals surface area (Å²) in [5.74, 6) is 0.851. The van der Waals surface area contributed by atoms with E-state index >= 15 is 0 Å². The molecule has 0 spiro atoms. The maximum Gasteiger partial charge on any atom is 0.149 e. The zero-order valence-electron chi connectivity index (χ0n) is 46.3. The van der Waals surface area contributed by atoms with Crippen LogP contribution in [0.3, 0.4) is 0 Å². The van der Waals surface area contributed by atoms with Gasteiger partial charge in [-0.2, -0.15) is 5.26 Å². The van der Waals surface area contributed by atoms with E-state index in [9.17, 15) is 10.4 Å². The van der Waals surface area contributed by atoms with Crippen molar-refractivity contribution in [2.45, 2.75) is 78.6 Å². The molecule has 0 aliphatic heterocycles. The summed E-state index contributed by atoms with van der Waals surface area (Å²) in [7, 11) is 0. The largest absolute Gasteiger partial charge is 0.507 e. The number of para-hydroxylation sites is 1. The smallest absolute Gasteiger partial charge is 0.149 e. The highest BCUT2D eigenvalue weighted by atomic mass is 16.3. The molecule has 6 heteroatoms. The molecule has 3 aromatic heterocycles. The number of fused-ring (bicyclic) bond motifs is 4. The molecule has 0 atom stereocenters. The Bertz CT molecular complexity index is 4330. The molecule has 386 valence electrons. The normalized spacial score (nSPS) is 12.2. The zero-order chi connectivity index (χ0) is 55.0. The Morgan fingerprint density at radius 2 is 1.08 bits per heavy atom. The minimum Gasteiger partial charge on any atom is -0.507 e. The van der Waals surface area contributed by atoms with E-state index in [1.165, 1.54) is 5.56 Å². The van der Waals surface area contributed by atoms with Crippen molar-refractivity contribution in [3.05, 3.63) is 229 Å². The van der Waals surface area contributed by atoms with Crippen molar-refractivity contribution >= 4 is 33.0 Å². The van der Waals surface area contributed by atoms with Crippen molar-refractivity contribution < 1.29 is 9.52 Å². The van der Waals surface area contributed by atoms with Gasteiger partial charge in [-0.3, -0.25) is 9.55 Å². The van der Waals surface area contributed by atoms with Crippen LogP contribution < -0.4 is 0 Å². The fraction of sp³-hybridized carbons (Fsp3) is 0.164. The predicted octanol–water partition coefficient (Wildman–Crippen LogP) is 19.5. The number of aromatic hydroxyl groups is 1. The summed E-state index contributed by atoms with van der Waals surface area (Å²) in [6, 6.07) is 72.0. The van der Waals surface area contributed by atoms with Crippen molar-refractivity contribution in [3.8, 4) is 95.8 Å². The molecule has 9 aromatic carbocycles. The number of imidazole rings is 1. The molecule has 0 amide bonds. The van der Waals surface area contributed by atoms with E-state index in [1.54, 1.807) is 0 Å². The van der Waals surface area contributed by atoms with Crippen LogP contribution in [-0.4, -0.2) is 19.6 Å². The molecule has 1 N–H and O–H groups in total. The summed E-state index contributed by atoms with van der Waals surface area (Å²) in [6.45, 7) is 19.9. The summed E-state index contributed by atoms with van der Waals surface area (Å²) >= 11 is 0. The Hall–Kier alpha value is -9.31. The number of nitriles is 1. The third-order valence-corrected chi connectivity index (χ3v) is 15.5. The van der Waals surface area contributed by atoms with Crippen LogP contribution in [0.2, 0.25) is 0 Å². The van der Waals surface area contributed by atoms with Crippen molar-refractivity contribution in [2.24, 2.45) is 0 Å². The molecular weight excluding hydrogens is 965 g/mol. The maximum atomic E-state index is 12.8. The molecular formula is C73H62N4O2. The Morgan fingerprint density at radius 3 is 1.70 bits per heavy atom. The number of hydrogen-bond acceptors (Lipinski definition) is 5. The van der Waals surface area contributed by atoms with E-state index in [4.69, 9.17) is 14.4 Å². The Morgan fingerprint density at radius 1 is 0.468 bits per heavy atom. The molecule has 0 saturated heterocycles. The SMILES string of the molecule is CC(C)(C)c1ccc(-n2c(-c3cc(C(C)(C)C)cc(C(C)(C)C)c3O)nc3c(-c4cc(-c5ccc(-c6ccccc6)cn5)c5oc6c(-c7ccc(-c8ccccc8)cc7)c(C#N)ccc6c5c4)cccc32)c(-c2ccccc2)c1. The Kier molecular flexibility index (Phi) is 12.3. The second-order valence-corrected chi connectivity index (χ2v) is 23.9. The van der Waals surface area contributed by atoms with Gasteiger partial charge in [0.1, 0.15) is 22.7 Å². The van der Waals surface area contributed by atoms with E-state index in [2.05, 4.69) is 225 Å². The van der Waals surface area contributed by atoms with Gasteiger partial charge in [-0.05, 0) is 115 Å². The lowest BCUT2D eigenvalue weighted by molar-refractivity contribution is 0.446. The van der Waals surface area contributed by atoms with Crippen LogP contribution in [0.15, 0.2) is 211 Å². The molecule has 0 aliphatic rings. The number of hydrogen-bond donors (Lipinski definition) is 1. The van der Waals surface area contributed by atoms with Gasteiger partial charge in [-0.25, -0.2) is 4.98 Å². The summed E-state index contributed by atoms with van der Waals surface area (Å²) in [6.07, 6.45) is 1.92. The lowest BCUT2D eigenvalue weighted by atomic mass is 9.79. The monoisotopic (exact) mass is 1030 g/mol. The van der Waals surface area contributed by atoms with Gasteiger partial charge in [0.15, 0.2) is 0 Å². The molecule has 0 saturated carbocycles. The average molecular weight is 1030 g/mol. The third kappa shape index (κ3) is 9.15. The molecule has 0 radical (unpaired) electrons. The summed E-state index contributed by atoms with van der Waals surface area (Å²) in [5.41, 5.74) is 18.9. The number of phenols is 1. The predicted molar refractivity (Wildman–Crippen MR) is 327 cm³/mol. The zero-order valence-corrected chi connectivity index (χ0v) is 46.3. The van der Waals surface area contributed by atoms with E-state index in [0.717, 1.165) is 106 Å². The first-order valence-electron chi connectivity index (χ1n) is 27.2. The van der Waals surface area contributed by atoms with E-state index in [1.807, 2.05) is 54.7 Å². The van der Waals surface area contributed by atoms with Gasteiger partial charge in [-0.1, -0.05) is 208 Å². The van der Waals surface area contributed by atoms with Gasteiger partial charge in [-0.15, -0.1) is 0 Å². The quantitative estimate of drug-likeness (QED) is 0.164. The first kappa shape index (κ1) is 50.5. The van der Waals surface area contributed by atoms with Crippen LogP contribution in [0.5, 0.6) is 5.75 Å². The highest BCUT2D eigenvalue weighted by Gasteiger charge is 2.30. The van der Waals surface area contributed by atoms with E-state index in [0.29, 0.717) is 28.1 Å². The summed E-state index contributed by atoms with van der Waals surface area (Å²) < 4.78 is 9.41. The lowest BCUT2D eigenvalue weighted by Crippen LogP contribution is -2.17. The number of benzene rings is 9. The third-order valence-electron chi connectivity index (χ3n) is 15.5. The van der Waals surface area contributed by atoms with Gasteiger partial charge < -0.3 is 9.52 Å². The van der Waals surface area contributed by atoms with Crippen LogP contribution in [-0.2, 0) is 16.2 Å². The first-order chi connectivity index (χ1) is 37.9. The molecule has 0 aliphatic carbocycles. The number of pyridine rings is 1. The highest BCUT2D eigenvalue weighted by molar-refractivity contribution is 6.15. The standard InChI is InChI=1S/C73H62N4O2/c1-71(2,3)53-34-37-63(57(40-53)48-24-17-12-18-25-48)77-64-27-19-26-55(66(64)76-70(77)60-41-54(72(4,5)6)42-61(67(60)78)73(7,8)9)52-38-58-56-35-32-50(43-74)65(49-30-28-47(29-31-49)45-20-13-10-14-21-45)69(56)79-68(58)59(39-52)62-36-33-51(44-75-62)46-22-15-11-16-23-46/h10-42,44,78H,1-9H3. The van der Waals surface area contributed by atoms with E-state index in [-0.39, 0.29) is 22.0 Å². The van der Waals surface area contributed by atoms with E-state index < -0.39 is 0 Å². The Labute approximate surface area is 463 Å². The minimum absolute atomic E-state index is 0.121. The molecule has 6 nitrogen and oxygen atoms in total. The van der Waals surface area contributed by atoms with Crippen LogP contribution in [0.4, 0.5) is 0 Å². The maximum absolute atomic E-state index is 12.8. The van der Waals surface area contributed by atoms with Crippen LogP contribution in [0.1, 0.15) is 84.6 Å². The molecule has 0 fully saturated rings. The van der Waals surface area contributed by atoms with Crippen molar-refractivity contribution in [2.75, 3.05) is 0 Å². The van der Waals surface area contributed by atoms with Crippen LogP contribution in [0.25, 0.3) is 117 Å². The topological polar surface area (TPSA) is 87.9 Å². The number of furan rings is 1. The van der Waals surface area contributed by atoms with Crippen molar-refractivity contribution in [1.82, 2.24) is 14.5 Å². The molecule has 12 rings (SSSR count). The fourth-order valence-corrected chi connectivity index (χ4v) is 11.1. The minimum atomic E-state index is -0.377. The number of aromatic nitrogens is 3. The van der Waals surface area contributed by atoms with Gasteiger partial charge in [0.25, 0.3) is 0 Å².